The van der Waals surface area contributed by atoms with Gasteiger partial charge in [-0.05, 0) is 18.6 Å². The van der Waals surface area contributed by atoms with Gasteiger partial charge in [0.25, 0.3) is 5.91 Å². The number of nitrogens with two attached hydrogens (primary N) is 1. The molecule has 1 saturated heterocycles. The largest absolute Gasteiger partial charge is 0.398 e. The second-order valence-electron chi connectivity index (χ2n) is 5.33. The minimum Gasteiger partial charge on any atom is -0.398 e. The monoisotopic (exact) mass is 388 g/mol. The standard InChI is InChI=1S/C16H20N4OS.2ClH/c1-2-12-11-18-16(22-12)20-9-7-19(8-10-20)15(21)13-5-3-4-6-14(13)17;;/h3-6,11H,2,7-10,17H2,1H3;2*1H. The molecule has 1 aliphatic heterocycles. The number of amides is 1. The number of nitrogens with zero attached hydrogens (tertiary/aromatic N) is 3. The Morgan fingerprint density at radius 1 is 1.21 bits per heavy atom. The van der Waals surface area contributed by atoms with Gasteiger partial charge >= 0.3 is 0 Å². The van der Waals surface area contributed by atoms with Gasteiger partial charge in [0.05, 0.1) is 5.56 Å². The van der Waals surface area contributed by atoms with Gasteiger partial charge in [-0.3, -0.25) is 4.79 Å². The Kier molecular flexibility index (Phi) is 7.79. The lowest BCUT2D eigenvalue weighted by Crippen LogP contribution is -2.48. The van der Waals surface area contributed by atoms with Crippen LogP contribution in [-0.4, -0.2) is 42.0 Å². The number of halogens is 2. The molecule has 1 fully saturated rings. The predicted octanol–water partition coefficient (Wildman–Crippen LogP) is 3.09. The second-order valence-corrected chi connectivity index (χ2v) is 6.42. The molecule has 24 heavy (non-hydrogen) atoms. The first kappa shape index (κ1) is 20.5. The molecule has 2 heterocycles. The minimum absolute atomic E-state index is 0. The molecule has 2 N–H and O–H groups in total. The molecule has 1 amide bonds. The fourth-order valence-electron chi connectivity index (χ4n) is 2.57. The lowest BCUT2D eigenvalue weighted by atomic mass is 10.1. The fourth-order valence-corrected chi connectivity index (χ4v) is 3.47. The molecule has 2 aromatic rings. The van der Waals surface area contributed by atoms with Crippen molar-refractivity contribution in [2.24, 2.45) is 0 Å². The molecule has 0 bridgehead atoms. The number of aryl methyl sites for hydroxylation is 1. The third-order valence-electron chi connectivity index (χ3n) is 3.92. The van der Waals surface area contributed by atoms with Crippen LogP contribution >= 0.6 is 36.2 Å². The number of thiazole rings is 1. The number of anilines is 2. The minimum atomic E-state index is 0. The van der Waals surface area contributed by atoms with Crippen molar-refractivity contribution in [2.75, 3.05) is 36.8 Å². The summed E-state index contributed by atoms with van der Waals surface area (Å²) >= 11 is 1.74. The van der Waals surface area contributed by atoms with E-state index in [1.807, 2.05) is 23.2 Å². The molecule has 1 aliphatic rings. The Morgan fingerprint density at radius 2 is 1.88 bits per heavy atom. The summed E-state index contributed by atoms with van der Waals surface area (Å²) in [5.41, 5.74) is 7.04. The molecule has 0 unspecified atom stereocenters. The van der Waals surface area contributed by atoms with Crippen molar-refractivity contribution < 1.29 is 4.79 Å². The van der Waals surface area contributed by atoms with Crippen LogP contribution in [0.3, 0.4) is 0 Å². The Labute approximate surface area is 158 Å². The van der Waals surface area contributed by atoms with Gasteiger partial charge < -0.3 is 15.5 Å². The van der Waals surface area contributed by atoms with Gasteiger partial charge in [-0.15, -0.1) is 36.2 Å². The summed E-state index contributed by atoms with van der Waals surface area (Å²) < 4.78 is 0. The molecule has 0 radical (unpaired) electrons. The Bertz CT molecular complexity index is 672. The number of hydrogen-bond acceptors (Lipinski definition) is 5. The molecule has 1 aromatic heterocycles. The van der Waals surface area contributed by atoms with E-state index in [9.17, 15) is 4.79 Å². The van der Waals surface area contributed by atoms with Crippen molar-refractivity contribution >= 4 is 52.9 Å². The van der Waals surface area contributed by atoms with Crippen molar-refractivity contribution in [3.8, 4) is 0 Å². The highest BCUT2D eigenvalue weighted by Gasteiger charge is 2.24. The van der Waals surface area contributed by atoms with Crippen LogP contribution in [0.25, 0.3) is 0 Å². The average Bonchev–Trinajstić information content (AvgIpc) is 3.04. The Morgan fingerprint density at radius 3 is 2.46 bits per heavy atom. The molecule has 0 spiro atoms. The summed E-state index contributed by atoms with van der Waals surface area (Å²) in [6.07, 6.45) is 2.96. The zero-order chi connectivity index (χ0) is 15.5. The quantitative estimate of drug-likeness (QED) is 0.820. The van der Waals surface area contributed by atoms with E-state index in [1.165, 1.54) is 4.88 Å². The molecule has 5 nitrogen and oxygen atoms in total. The first-order valence-electron chi connectivity index (χ1n) is 7.52. The predicted molar refractivity (Wildman–Crippen MR) is 105 cm³/mol. The highest BCUT2D eigenvalue weighted by molar-refractivity contribution is 7.15. The van der Waals surface area contributed by atoms with Crippen LogP contribution in [0.2, 0.25) is 0 Å². The molecular weight excluding hydrogens is 367 g/mol. The van der Waals surface area contributed by atoms with Crippen molar-refractivity contribution in [3.05, 3.63) is 40.9 Å². The van der Waals surface area contributed by atoms with E-state index in [-0.39, 0.29) is 30.7 Å². The summed E-state index contributed by atoms with van der Waals surface area (Å²) in [6.45, 7) is 5.17. The van der Waals surface area contributed by atoms with Crippen molar-refractivity contribution in [2.45, 2.75) is 13.3 Å². The molecule has 132 valence electrons. The molecule has 0 atom stereocenters. The number of piperazine rings is 1. The van der Waals surface area contributed by atoms with Crippen molar-refractivity contribution in [3.63, 3.8) is 0 Å². The average molecular weight is 389 g/mol. The molecule has 1 aromatic carbocycles. The Hall–Kier alpha value is -1.50. The smallest absolute Gasteiger partial charge is 0.256 e. The van der Waals surface area contributed by atoms with E-state index < -0.39 is 0 Å². The van der Waals surface area contributed by atoms with Crippen LogP contribution in [0, 0.1) is 0 Å². The van der Waals surface area contributed by atoms with Gasteiger partial charge in [-0.2, -0.15) is 0 Å². The van der Waals surface area contributed by atoms with Crippen molar-refractivity contribution in [1.29, 1.82) is 0 Å². The summed E-state index contributed by atoms with van der Waals surface area (Å²) in [4.78, 5) is 22.4. The SMILES string of the molecule is CCc1cnc(N2CCN(C(=O)c3ccccc3N)CC2)s1.Cl.Cl. The number of carbonyl (C=O) groups is 1. The van der Waals surface area contributed by atoms with E-state index in [0.29, 0.717) is 24.3 Å². The molecule has 8 heteroatoms. The normalized spacial score (nSPS) is 13.9. The number of nitrogen functional groups attached to an aromatic ring is 1. The number of aromatic nitrogens is 1. The van der Waals surface area contributed by atoms with E-state index >= 15 is 0 Å². The highest BCUT2D eigenvalue weighted by Crippen LogP contribution is 2.24. The maximum absolute atomic E-state index is 12.5. The van der Waals surface area contributed by atoms with Gasteiger partial charge in [-0.25, -0.2) is 4.98 Å². The van der Waals surface area contributed by atoms with E-state index in [4.69, 9.17) is 5.73 Å². The number of benzene rings is 1. The van der Waals surface area contributed by atoms with Crippen LogP contribution in [0.15, 0.2) is 30.5 Å². The summed E-state index contributed by atoms with van der Waals surface area (Å²) in [7, 11) is 0. The summed E-state index contributed by atoms with van der Waals surface area (Å²) in [5.74, 6) is 0.0196. The second kappa shape index (κ2) is 9.11. The third kappa shape index (κ3) is 4.32. The van der Waals surface area contributed by atoms with E-state index in [2.05, 4.69) is 16.8 Å². The summed E-state index contributed by atoms with van der Waals surface area (Å²) in [5, 5.41) is 1.06. The zero-order valence-corrected chi connectivity index (χ0v) is 15.9. The number of para-hydroxylation sites is 1. The van der Waals surface area contributed by atoms with Gasteiger partial charge in [0, 0.05) is 42.9 Å². The third-order valence-corrected chi connectivity index (χ3v) is 5.12. The maximum Gasteiger partial charge on any atom is 0.256 e. The zero-order valence-electron chi connectivity index (χ0n) is 13.5. The molecule has 0 aliphatic carbocycles. The van der Waals surface area contributed by atoms with E-state index in [1.54, 1.807) is 23.5 Å². The van der Waals surface area contributed by atoms with Crippen LogP contribution in [0.1, 0.15) is 22.2 Å². The molecule has 3 rings (SSSR count). The van der Waals surface area contributed by atoms with Crippen molar-refractivity contribution in [1.82, 2.24) is 9.88 Å². The van der Waals surface area contributed by atoms with Crippen LogP contribution in [0.5, 0.6) is 0 Å². The van der Waals surface area contributed by atoms with Crippen LogP contribution < -0.4 is 10.6 Å². The van der Waals surface area contributed by atoms with Gasteiger partial charge in [0.2, 0.25) is 0 Å². The van der Waals surface area contributed by atoms with Gasteiger partial charge in [-0.1, -0.05) is 19.1 Å². The van der Waals surface area contributed by atoms with Gasteiger partial charge in [0.15, 0.2) is 5.13 Å². The van der Waals surface area contributed by atoms with Crippen LogP contribution in [0.4, 0.5) is 10.8 Å². The van der Waals surface area contributed by atoms with Crippen LogP contribution in [-0.2, 0) is 6.42 Å². The first-order valence-corrected chi connectivity index (χ1v) is 8.34. The lowest BCUT2D eigenvalue weighted by Gasteiger charge is -2.34. The highest BCUT2D eigenvalue weighted by atomic mass is 35.5. The topological polar surface area (TPSA) is 62.5 Å². The lowest BCUT2D eigenvalue weighted by molar-refractivity contribution is 0.0748. The number of carbonyl (C=O) groups excluding carboxylic acids is 1. The maximum atomic E-state index is 12.5. The number of hydrogen-bond donors (Lipinski definition) is 1. The van der Waals surface area contributed by atoms with Gasteiger partial charge in [0.1, 0.15) is 0 Å². The van der Waals surface area contributed by atoms with E-state index in [0.717, 1.165) is 24.6 Å². The Balaban J connectivity index is 0.00000144. The first-order chi connectivity index (χ1) is 10.7. The fraction of sp³-hybridized carbons (Fsp3) is 0.375. The molecule has 0 saturated carbocycles. The molecular formula is C16H22Cl2N4OS. The number of rotatable bonds is 3. The summed E-state index contributed by atoms with van der Waals surface area (Å²) in [6, 6.07) is 7.25.